The van der Waals surface area contributed by atoms with E-state index in [1.54, 1.807) is 44.2 Å². The van der Waals surface area contributed by atoms with Crippen molar-refractivity contribution in [2.45, 2.75) is 20.0 Å². The molecular weight excluding hydrogens is 248 g/mol. The molecule has 3 amide bonds. The first kappa shape index (κ1) is 14.7. The molecule has 0 saturated carbocycles. The summed E-state index contributed by atoms with van der Waals surface area (Å²) >= 11 is 0. The Morgan fingerprint density at radius 1 is 1.16 bits per heavy atom. The SMILES string of the molecule is CC(C)[C@@H](OC(=O)c1ccccc1)C(=O)NC(N)=O. The molecule has 0 aliphatic rings. The number of rotatable bonds is 4. The van der Waals surface area contributed by atoms with Crippen molar-refractivity contribution in [3.05, 3.63) is 35.9 Å². The maximum Gasteiger partial charge on any atom is 0.338 e. The summed E-state index contributed by atoms with van der Waals surface area (Å²) in [5.41, 5.74) is 5.20. The number of urea groups is 1. The topological polar surface area (TPSA) is 98.5 Å². The van der Waals surface area contributed by atoms with E-state index < -0.39 is 24.0 Å². The molecule has 6 nitrogen and oxygen atoms in total. The van der Waals surface area contributed by atoms with E-state index in [4.69, 9.17) is 10.5 Å². The van der Waals surface area contributed by atoms with Crippen molar-refractivity contribution in [2.75, 3.05) is 0 Å². The molecule has 1 rings (SSSR count). The van der Waals surface area contributed by atoms with Gasteiger partial charge in [0, 0.05) is 0 Å². The number of esters is 1. The third-order valence-corrected chi connectivity index (χ3v) is 2.35. The summed E-state index contributed by atoms with van der Waals surface area (Å²) in [6.45, 7) is 3.40. The van der Waals surface area contributed by atoms with Gasteiger partial charge in [0.15, 0.2) is 6.10 Å². The van der Waals surface area contributed by atoms with E-state index in [1.165, 1.54) is 0 Å². The maximum atomic E-state index is 11.8. The lowest BCUT2D eigenvalue weighted by atomic mass is 10.1. The summed E-state index contributed by atoms with van der Waals surface area (Å²) in [5.74, 6) is -1.64. The summed E-state index contributed by atoms with van der Waals surface area (Å²) in [6.07, 6.45) is -1.07. The number of hydrogen-bond acceptors (Lipinski definition) is 4. The Kier molecular flexibility index (Phi) is 5.05. The van der Waals surface area contributed by atoms with Crippen molar-refractivity contribution in [1.29, 1.82) is 0 Å². The largest absolute Gasteiger partial charge is 0.448 e. The van der Waals surface area contributed by atoms with Crippen LogP contribution in [0, 0.1) is 5.92 Å². The number of hydrogen-bond donors (Lipinski definition) is 2. The third kappa shape index (κ3) is 4.42. The molecule has 0 fully saturated rings. The molecule has 3 N–H and O–H groups in total. The highest BCUT2D eigenvalue weighted by molar-refractivity contribution is 5.98. The van der Waals surface area contributed by atoms with Crippen molar-refractivity contribution in [1.82, 2.24) is 5.32 Å². The Labute approximate surface area is 110 Å². The van der Waals surface area contributed by atoms with Gasteiger partial charge in [-0.05, 0) is 18.1 Å². The molecular formula is C13H16N2O4. The minimum absolute atomic E-state index is 0.285. The summed E-state index contributed by atoms with van der Waals surface area (Å²) in [6, 6.07) is 7.30. The van der Waals surface area contributed by atoms with Crippen LogP contribution in [0.2, 0.25) is 0 Å². The molecule has 6 heteroatoms. The summed E-state index contributed by atoms with van der Waals surface area (Å²) in [4.78, 5) is 34.1. The van der Waals surface area contributed by atoms with Crippen LogP contribution in [0.3, 0.4) is 0 Å². The number of carbonyl (C=O) groups is 3. The zero-order valence-electron chi connectivity index (χ0n) is 10.8. The number of nitrogens with two attached hydrogens (primary N) is 1. The highest BCUT2D eigenvalue weighted by atomic mass is 16.5. The third-order valence-electron chi connectivity index (χ3n) is 2.35. The van der Waals surface area contributed by atoms with Crippen LogP contribution in [0.4, 0.5) is 4.79 Å². The van der Waals surface area contributed by atoms with Crippen LogP contribution < -0.4 is 11.1 Å². The number of benzene rings is 1. The zero-order valence-corrected chi connectivity index (χ0v) is 10.8. The fraction of sp³-hybridized carbons (Fsp3) is 0.308. The molecule has 0 aliphatic heterocycles. The fourth-order valence-electron chi connectivity index (χ4n) is 1.44. The lowest BCUT2D eigenvalue weighted by Gasteiger charge is -2.19. The first-order valence-electron chi connectivity index (χ1n) is 5.78. The number of primary amides is 1. The van der Waals surface area contributed by atoms with Gasteiger partial charge < -0.3 is 10.5 Å². The Hall–Kier alpha value is -2.37. The predicted molar refractivity (Wildman–Crippen MR) is 68.2 cm³/mol. The lowest BCUT2D eigenvalue weighted by molar-refractivity contribution is -0.130. The number of nitrogens with one attached hydrogen (secondary N) is 1. The number of carbonyl (C=O) groups excluding carboxylic acids is 3. The van der Waals surface area contributed by atoms with Crippen molar-refractivity contribution in [2.24, 2.45) is 11.7 Å². The van der Waals surface area contributed by atoms with Crippen LogP contribution >= 0.6 is 0 Å². The van der Waals surface area contributed by atoms with Gasteiger partial charge in [0.1, 0.15) is 0 Å². The molecule has 1 aromatic rings. The van der Waals surface area contributed by atoms with Crippen LogP contribution in [0.5, 0.6) is 0 Å². The normalized spacial score (nSPS) is 11.7. The van der Waals surface area contributed by atoms with Crippen molar-refractivity contribution in [3.8, 4) is 0 Å². The monoisotopic (exact) mass is 264 g/mol. The lowest BCUT2D eigenvalue weighted by Crippen LogP contribution is -2.45. The maximum absolute atomic E-state index is 11.8. The summed E-state index contributed by atoms with van der Waals surface area (Å²) in [5, 5.41) is 1.90. The van der Waals surface area contributed by atoms with Gasteiger partial charge in [-0.2, -0.15) is 0 Å². The zero-order chi connectivity index (χ0) is 14.4. The van der Waals surface area contributed by atoms with E-state index >= 15 is 0 Å². The Bertz CT molecular complexity index is 471. The standard InChI is InChI=1S/C13H16N2O4/c1-8(2)10(11(16)15-13(14)18)19-12(17)9-6-4-3-5-7-9/h3-8,10H,1-2H3,(H3,14,15,16,18)/t10-/m1/s1. The molecule has 1 aromatic carbocycles. The van der Waals surface area contributed by atoms with Crippen molar-refractivity contribution in [3.63, 3.8) is 0 Å². The van der Waals surface area contributed by atoms with E-state index in [2.05, 4.69) is 0 Å². The van der Waals surface area contributed by atoms with Crippen LogP contribution in [0.15, 0.2) is 30.3 Å². The molecule has 0 heterocycles. The van der Waals surface area contributed by atoms with E-state index in [0.717, 1.165) is 0 Å². The molecule has 1 atom stereocenters. The molecule has 102 valence electrons. The van der Waals surface area contributed by atoms with Crippen molar-refractivity contribution < 1.29 is 19.1 Å². The van der Waals surface area contributed by atoms with Gasteiger partial charge in [0.25, 0.3) is 5.91 Å². The van der Waals surface area contributed by atoms with Gasteiger partial charge in [0.2, 0.25) is 0 Å². The van der Waals surface area contributed by atoms with Gasteiger partial charge in [-0.1, -0.05) is 32.0 Å². The average molecular weight is 264 g/mol. The Morgan fingerprint density at radius 2 is 1.74 bits per heavy atom. The molecule has 0 saturated heterocycles. The van der Waals surface area contributed by atoms with Crippen LogP contribution in [0.25, 0.3) is 0 Å². The quantitative estimate of drug-likeness (QED) is 0.794. The van der Waals surface area contributed by atoms with Gasteiger partial charge in [-0.15, -0.1) is 0 Å². The van der Waals surface area contributed by atoms with E-state index in [1.807, 2.05) is 5.32 Å². The van der Waals surface area contributed by atoms with Gasteiger partial charge in [0.05, 0.1) is 5.56 Å². The van der Waals surface area contributed by atoms with Gasteiger partial charge in [-0.3, -0.25) is 10.1 Å². The second-order valence-corrected chi connectivity index (χ2v) is 4.29. The molecule has 19 heavy (non-hydrogen) atoms. The van der Waals surface area contributed by atoms with E-state index in [9.17, 15) is 14.4 Å². The smallest absolute Gasteiger partial charge is 0.338 e. The van der Waals surface area contributed by atoms with Gasteiger partial charge >= 0.3 is 12.0 Å². The molecule has 0 bridgehead atoms. The minimum atomic E-state index is -1.07. The van der Waals surface area contributed by atoms with Crippen molar-refractivity contribution >= 4 is 17.9 Å². The van der Waals surface area contributed by atoms with E-state index in [0.29, 0.717) is 5.56 Å². The first-order chi connectivity index (χ1) is 8.91. The highest BCUT2D eigenvalue weighted by Crippen LogP contribution is 2.11. The molecule has 0 spiro atoms. The molecule has 0 radical (unpaired) electrons. The number of ether oxygens (including phenoxy) is 1. The molecule has 0 unspecified atom stereocenters. The Balaban J connectivity index is 2.77. The second-order valence-electron chi connectivity index (χ2n) is 4.29. The van der Waals surface area contributed by atoms with E-state index in [-0.39, 0.29) is 5.92 Å². The predicted octanol–water partition coefficient (Wildman–Crippen LogP) is 1.06. The van der Waals surface area contributed by atoms with Gasteiger partial charge in [-0.25, -0.2) is 9.59 Å². The second kappa shape index (κ2) is 6.53. The fourth-order valence-corrected chi connectivity index (χ4v) is 1.44. The molecule has 0 aliphatic carbocycles. The molecule has 0 aromatic heterocycles. The number of amides is 3. The van der Waals surface area contributed by atoms with Crippen LogP contribution in [-0.4, -0.2) is 24.0 Å². The highest BCUT2D eigenvalue weighted by Gasteiger charge is 2.27. The van der Waals surface area contributed by atoms with Crippen LogP contribution in [0.1, 0.15) is 24.2 Å². The number of imide groups is 1. The minimum Gasteiger partial charge on any atom is -0.448 e. The van der Waals surface area contributed by atoms with Crippen LogP contribution in [-0.2, 0) is 9.53 Å². The Morgan fingerprint density at radius 3 is 2.21 bits per heavy atom. The summed E-state index contributed by atoms with van der Waals surface area (Å²) < 4.78 is 5.10. The first-order valence-corrected chi connectivity index (χ1v) is 5.78. The average Bonchev–Trinajstić information content (AvgIpc) is 2.35. The summed E-state index contributed by atoms with van der Waals surface area (Å²) in [7, 11) is 0.